The van der Waals surface area contributed by atoms with Gasteiger partial charge in [-0.25, -0.2) is 9.37 Å². The fraction of sp³-hybridized carbons (Fsp3) is 0.433. The van der Waals surface area contributed by atoms with E-state index in [9.17, 15) is 14.0 Å². The summed E-state index contributed by atoms with van der Waals surface area (Å²) < 4.78 is 22.2. The van der Waals surface area contributed by atoms with E-state index in [1.807, 2.05) is 6.07 Å². The number of halogens is 1. The zero-order chi connectivity index (χ0) is 29.5. The van der Waals surface area contributed by atoms with Crippen molar-refractivity contribution in [2.45, 2.75) is 38.8 Å². The van der Waals surface area contributed by atoms with E-state index in [-0.39, 0.29) is 42.0 Å². The highest BCUT2D eigenvalue weighted by atomic mass is 19.1. The molecule has 0 aliphatic carbocycles. The summed E-state index contributed by atoms with van der Waals surface area (Å²) in [5, 5.41) is 11.8. The monoisotopic (exact) mass is 574 g/mol. The molecule has 3 atom stereocenters. The third-order valence-electron chi connectivity index (χ3n) is 7.97. The SMILES string of the molecule is C[C@@H]1CN(c2ccc(C(=O)Nc3cc(F)c4nn(C)cc4c3)c3nc(OCC4CCCN(C)C4=O)ncc23)C[C@@H](C)N1. The van der Waals surface area contributed by atoms with E-state index in [4.69, 9.17) is 4.74 Å². The van der Waals surface area contributed by atoms with Gasteiger partial charge in [-0.15, -0.1) is 0 Å². The summed E-state index contributed by atoms with van der Waals surface area (Å²) >= 11 is 0. The molecule has 1 unspecified atom stereocenters. The summed E-state index contributed by atoms with van der Waals surface area (Å²) in [5.74, 6) is -1.18. The van der Waals surface area contributed by atoms with Crippen LogP contribution < -0.4 is 20.3 Å². The molecule has 4 heterocycles. The van der Waals surface area contributed by atoms with Gasteiger partial charge in [-0.2, -0.15) is 10.1 Å². The summed E-state index contributed by atoms with van der Waals surface area (Å²) in [4.78, 5) is 39.3. The Morgan fingerprint density at radius 3 is 2.74 bits per heavy atom. The Balaban J connectivity index is 1.34. The van der Waals surface area contributed by atoms with Crippen LogP contribution in [-0.2, 0) is 11.8 Å². The van der Waals surface area contributed by atoms with Crippen molar-refractivity contribution in [2.24, 2.45) is 13.0 Å². The van der Waals surface area contributed by atoms with E-state index in [0.29, 0.717) is 27.5 Å². The Morgan fingerprint density at radius 1 is 1.17 bits per heavy atom. The van der Waals surface area contributed by atoms with E-state index in [1.54, 1.807) is 43.5 Å². The molecule has 12 heteroatoms. The number of carbonyl (C=O) groups excluding carboxylic acids is 2. The number of piperazine rings is 1. The number of piperidine rings is 1. The molecule has 6 rings (SSSR count). The van der Waals surface area contributed by atoms with Gasteiger partial charge in [0, 0.05) is 80.4 Å². The molecule has 0 radical (unpaired) electrons. The quantitative estimate of drug-likeness (QED) is 0.360. The molecule has 2 aliphatic heterocycles. The standard InChI is InChI=1S/C30H35FN8O3/c1-17-13-39(14-18(2)33-17)25-8-7-22(28(40)34-21-10-20-15-38(4)36-26(20)24(31)11-21)27-23(25)12-32-30(35-27)42-16-19-6-5-9-37(3)29(19)41/h7-8,10-12,15,17-19,33H,5-6,9,13-14,16H2,1-4H3,(H,34,40)/t17-,18-,19?/m1/s1. The number of aryl methyl sites for hydroxylation is 1. The maximum atomic E-state index is 14.7. The Bertz CT molecular complexity index is 1660. The lowest BCUT2D eigenvalue weighted by Crippen LogP contribution is -2.54. The normalized spacial score (nSPS) is 21.3. The van der Waals surface area contributed by atoms with Crippen molar-refractivity contribution in [3.8, 4) is 6.01 Å². The van der Waals surface area contributed by atoms with E-state index in [2.05, 4.69) is 44.4 Å². The van der Waals surface area contributed by atoms with Gasteiger partial charge in [-0.3, -0.25) is 14.3 Å². The Hall–Kier alpha value is -4.32. The second kappa shape index (κ2) is 11.2. The van der Waals surface area contributed by atoms with Gasteiger partial charge in [-0.1, -0.05) is 0 Å². The van der Waals surface area contributed by atoms with Crippen molar-refractivity contribution in [1.29, 1.82) is 0 Å². The molecule has 2 aliphatic rings. The lowest BCUT2D eigenvalue weighted by Gasteiger charge is -2.38. The minimum Gasteiger partial charge on any atom is -0.463 e. The summed E-state index contributed by atoms with van der Waals surface area (Å²) in [6.07, 6.45) is 5.03. The Labute approximate surface area is 243 Å². The number of carbonyl (C=O) groups is 2. The highest BCUT2D eigenvalue weighted by molar-refractivity contribution is 6.14. The molecule has 2 N–H and O–H groups in total. The molecule has 0 saturated carbocycles. The van der Waals surface area contributed by atoms with Gasteiger partial charge in [-0.05, 0) is 51.0 Å². The van der Waals surface area contributed by atoms with Crippen molar-refractivity contribution in [3.63, 3.8) is 0 Å². The largest absolute Gasteiger partial charge is 0.463 e. The fourth-order valence-electron chi connectivity index (χ4n) is 6.07. The van der Waals surface area contributed by atoms with Crippen LogP contribution in [-0.4, -0.2) is 81.8 Å². The van der Waals surface area contributed by atoms with Crippen molar-refractivity contribution in [1.82, 2.24) is 30.0 Å². The van der Waals surface area contributed by atoms with E-state index in [0.717, 1.165) is 38.2 Å². The number of ether oxygens (including phenoxy) is 1. The van der Waals surface area contributed by atoms with Crippen LogP contribution in [0.25, 0.3) is 21.8 Å². The molecule has 220 valence electrons. The van der Waals surface area contributed by atoms with E-state index >= 15 is 0 Å². The molecule has 2 amide bonds. The molecule has 4 aromatic rings. The molecule has 0 spiro atoms. The van der Waals surface area contributed by atoms with Crippen LogP contribution in [0.15, 0.2) is 36.7 Å². The highest BCUT2D eigenvalue weighted by Crippen LogP contribution is 2.32. The summed E-state index contributed by atoms with van der Waals surface area (Å²) in [6.45, 7) is 6.74. The molecule has 2 fully saturated rings. The molecule has 0 bridgehead atoms. The number of amides is 2. The number of rotatable bonds is 6. The first-order valence-corrected chi connectivity index (χ1v) is 14.3. The maximum absolute atomic E-state index is 14.7. The van der Waals surface area contributed by atoms with Gasteiger partial charge in [0.2, 0.25) is 5.91 Å². The van der Waals surface area contributed by atoms with Gasteiger partial charge in [0.15, 0.2) is 5.82 Å². The van der Waals surface area contributed by atoms with Gasteiger partial charge in [0.1, 0.15) is 12.1 Å². The molecular weight excluding hydrogens is 539 g/mol. The summed E-state index contributed by atoms with van der Waals surface area (Å²) in [7, 11) is 3.51. The lowest BCUT2D eigenvalue weighted by molar-refractivity contribution is -0.138. The van der Waals surface area contributed by atoms with Crippen LogP contribution in [0.3, 0.4) is 0 Å². The number of anilines is 2. The predicted molar refractivity (Wildman–Crippen MR) is 158 cm³/mol. The Kier molecular flexibility index (Phi) is 7.40. The van der Waals surface area contributed by atoms with Crippen LogP contribution in [0.2, 0.25) is 0 Å². The third-order valence-corrected chi connectivity index (χ3v) is 7.97. The average molecular weight is 575 g/mol. The van der Waals surface area contributed by atoms with Crippen LogP contribution in [0.4, 0.5) is 15.8 Å². The lowest BCUT2D eigenvalue weighted by atomic mass is 9.98. The number of likely N-dealkylation sites (tertiary alicyclic amines) is 1. The van der Waals surface area contributed by atoms with Gasteiger partial charge in [0.05, 0.1) is 17.0 Å². The van der Waals surface area contributed by atoms with Gasteiger partial charge < -0.3 is 25.2 Å². The van der Waals surface area contributed by atoms with Crippen molar-refractivity contribution < 1.29 is 18.7 Å². The second-order valence-electron chi connectivity index (χ2n) is 11.5. The number of hydrogen-bond donors (Lipinski definition) is 2. The van der Waals surface area contributed by atoms with Crippen molar-refractivity contribution in [3.05, 3.63) is 48.0 Å². The first-order chi connectivity index (χ1) is 20.2. The first kappa shape index (κ1) is 27.8. The van der Waals surface area contributed by atoms with Crippen LogP contribution in [0.5, 0.6) is 6.01 Å². The number of nitrogens with zero attached hydrogens (tertiary/aromatic N) is 6. The number of benzene rings is 2. The zero-order valence-corrected chi connectivity index (χ0v) is 24.2. The highest BCUT2D eigenvalue weighted by Gasteiger charge is 2.28. The molecule has 42 heavy (non-hydrogen) atoms. The summed E-state index contributed by atoms with van der Waals surface area (Å²) in [6, 6.07) is 7.24. The van der Waals surface area contributed by atoms with Crippen LogP contribution in [0.1, 0.15) is 37.0 Å². The van der Waals surface area contributed by atoms with Gasteiger partial charge in [0.25, 0.3) is 5.91 Å². The topological polar surface area (TPSA) is 118 Å². The van der Waals surface area contributed by atoms with Crippen LogP contribution in [0, 0.1) is 11.7 Å². The van der Waals surface area contributed by atoms with E-state index in [1.165, 1.54) is 10.7 Å². The van der Waals surface area contributed by atoms with E-state index < -0.39 is 11.7 Å². The minimum absolute atomic E-state index is 0.0455. The zero-order valence-electron chi connectivity index (χ0n) is 24.2. The predicted octanol–water partition coefficient (Wildman–Crippen LogP) is 3.34. The molecular formula is C30H35FN8O3. The first-order valence-electron chi connectivity index (χ1n) is 14.3. The fourth-order valence-corrected chi connectivity index (χ4v) is 6.07. The second-order valence-corrected chi connectivity index (χ2v) is 11.5. The summed E-state index contributed by atoms with van der Waals surface area (Å²) in [5.41, 5.74) is 2.19. The molecule has 2 saturated heterocycles. The number of aromatic nitrogens is 4. The maximum Gasteiger partial charge on any atom is 0.316 e. The van der Waals surface area contributed by atoms with Crippen LogP contribution >= 0.6 is 0 Å². The average Bonchev–Trinajstić information content (AvgIpc) is 3.33. The van der Waals surface area contributed by atoms with Crippen molar-refractivity contribution >= 4 is 45.0 Å². The molecule has 11 nitrogen and oxygen atoms in total. The number of hydrogen-bond acceptors (Lipinski definition) is 8. The number of nitrogens with one attached hydrogen (secondary N) is 2. The smallest absolute Gasteiger partial charge is 0.316 e. The minimum atomic E-state index is -0.522. The number of fused-ring (bicyclic) bond motifs is 2. The third kappa shape index (κ3) is 5.46. The van der Waals surface area contributed by atoms with Gasteiger partial charge >= 0.3 is 6.01 Å². The van der Waals surface area contributed by atoms with Crippen molar-refractivity contribution in [2.75, 3.05) is 43.5 Å². The molecule has 2 aromatic heterocycles. The Morgan fingerprint density at radius 2 is 1.95 bits per heavy atom. The molecule has 2 aromatic carbocycles.